The Morgan fingerprint density at radius 2 is 1.25 bits per heavy atom. The highest BCUT2D eigenvalue weighted by molar-refractivity contribution is 7.45. The van der Waals surface area contributed by atoms with Crippen molar-refractivity contribution in [3.63, 3.8) is 0 Å². The van der Waals surface area contributed by atoms with Crippen molar-refractivity contribution < 1.29 is 47.7 Å². The molecule has 0 bridgehead atoms. The van der Waals surface area contributed by atoms with Gasteiger partial charge in [0, 0.05) is 30.8 Å². The van der Waals surface area contributed by atoms with Gasteiger partial charge in [-0.15, -0.1) is 0 Å². The number of nitrogens with one attached hydrogen (secondary N) is 2. The zero-order valence-electron chi connectivity index (χ0n) is 36.5. The SMILES string of the molecule is CCCCCCCCCCCCCC=CC(O)C(COP(=O)([O-])OCC[N+](C)(C)C)NC(=O)CCCCCCCCCCCNc1cc([N+](=O)[O-])c([N+](=O)[O-])c([N+](=O)[O-])c1. The average molecular weight is 873 g/mol. The number of likely N-dealkylation sites (N-methyl/N-ethyl adjacent to an activating group) is 1. The van der Waals surface area contributed by atoms with Gasteiger partial charge in [0.15, 0.2) is 0 Å². The van der Waals surface area contributed by atoms with Crippen LogP contribution in [0, 0.1) is 30.3 Å². The fraction of sp³-hybridized carbons (Fsp3) is 0.780. The van der Waals surface area contributed by atoms with E-state index in [4.69, 9.17) is 9.05 Å². The van der Waals surface area contributed by atoms with Crippen LogP contribution in [0.25, 0.3) is 0 Å². The Morgan fingerprint density at radius 3 is 1.73 bits per heavy atom. The summed E-state index contributed by atoms with van der Waals surface area (Å²) in [5, 5.41) is 50.4. The van der Waals surface area contributed by atoms with Gasteiger partial charge in [-0.05, 0) is 25.7 Å². The number of hydrogen-bond acceptors (Lipinski definition) is 13. The Bertz CT molecular complexity index is 1460. The number of quaternary nitrogens is 1. The molecule has 0 heterocycles. The molecule has 1 aromatic carbocycles. The molecule has 344 valence electrons. The molecule has 0 saturated carbocycles. The number of anilines is 1. The number of nitrogens with zero attached hydrogens (tertiary/aromatic N) is 4. The number of aliphatic hydroxyl groups is 1. The minimum atomic E-state index is -4.66. The lowest BCUT2D eigenvalue weighted by atomic mass is 10.0. The van der Waals surface area contributed by atoms with Gasteiger partial charge in [0.1, 0.15) is 13.2 Å². The number of amides is 1. The summed E-state index contributed by atoms with van der Waals surface area (Å²) in [5.41, 5.74) is -2.96. The number of hydrogen-bond donors (Lipinski definition) is 3. The molecule has 3 unspecified atom stereocenters. The minimum Gasteiger partial charge on any atom is -0.756 e. The first-order chi connectivity index (χ1) is 28.5. The molecule has 0 aliphatic carbocycles. The molecule has 0 aliphatic heterocycles. The van der Waals surface area contributed by atoms with Crippen LogP contribution in [0.15, 0.2) is 24.3 Å². The van der Waals surface area contributed by atoms with Gasteiger partial charge in [-0.2, -0.15) is 0 Å². The number of phosphoric ester groups is 1. The van der Waals surface area contributed by atoms with Gasteiger partial charge in [0.25, 0.3) is 7.82 Å². The Labute approximate surface area is 356 Å². The number of rotatable bonds is 38. The van der Waals surface area contributed by atoms with E-state index < -0.39 is 58.4 Å². The Balaban J connectivity index is 2.42. The number of nitro groups is 3. The van der Waals surface area contributed by atoms with E-state index in [2.05, 4.69) is 17.6 Å². The third-order valence-electron chi connectivity index (χ3n) is 10.0. The summed E-state index contributed by atoms with van der Waals surface area (Å²) in [6, 6.07) is 0.891. The van der Waals surface area contributed by atoms with E-state index in [1.165, 1.54) is 57.8 Å². The van der Waals surface area contributed by atoms with Crippen LogP contribution in [0.2, 0.25) is 0 Å². The number of benzene rings is 1. The smallest absolute Gasteiger partial charge is 0.422 e. The lowest BCUT2D eigenvalue weighted by Gasteiger charge is -2.29. The van der Waals surface area contributed by atoms with Gasteiger partial charge in [0.05, 0.1) is 54.7 Å². The zero-order chi connectivity index (χ0) is 44.8. The molecule has 1 aromatic rings. The summed E-state index contributed by atoms with van der Waals surface area (Å²) in [7, 11) is 1.06. The maximum atomic E-state index is 12.9. The van der Waals surface area contributed by atoms with Crippen molar-refractivity contribution in [3.8, 4) is 0 Å². The molecule has 3 N–H and O–H groups in total. The normalized spacial score (nSPS) is 13.8. The molecular formula is C41H73N6O12P. The highest BCUT2D eigenvalue weighted by atomic mass is 31.2. The van der Waals surface area contributed by atoms with Gasteiger partial charge in [-0.25, -0.2) is 0 Å². The Morgan fingerprint density at radius 1 is 0.767 bits per heavy atom. The fourth-order valence-electron chi connectivity index (χ4n) is 6.49. The van der Waals surface area contributed by atoms with E-state index in [0.29, 0.717) is 30.4 Å². The third kappa shape index (κ3) is 26.6. The van der Waals surface area contributed by atoms with E-state index in [-0.39, 0.29) is 24.6 Å². The molecule has 3 atom stereocenters. The molecule has 1 rings (SSSR count). The van der Waals surface area contributed by atoms with E-state index >= 15 is 0 Å². The fourth-order valence-corrected chi connectivity index (χ4v) is 7.21. The second-order valence-electron chi connectivity index (χ2n) is 16.5. The number of allylic oxidation sites excluding steroid dienone is 1. The van der Waals surface area contributed by atoms with Crippen LogP contribution >= 0.6 is 7.82 Å². The quantitative estimate of drug-likeness (QED) is 0.0140. The molecule has 0 radical (unpaired) electrons. The van der Waals surface area contributed by atoms with Gasteiger partial charge < -0.3 is 34.2 Å². The second kappa shape index (κ2) is 31.3. The van der Waals surface area contributed by atoms with Crippen LogP contribution in [0.4, 0.5) is 22.7 Å². The van der Waals surface area contributed by atoms with Crippen molar-refractivity contribution in [2.24, 2.45) is 0 Å². The highest BCUT2D eigenvalue weighted by Gasteiger charge is 2.36. The molecule has 0 aromatic heterocycles. The van der Waals surface area contributed by atoms with Gasteiger partial charge in [-0.3, -0.25) is 39.7 Å². The van der Waals surface area contributed by atoms with E-state index in [9.17, 15) is 49.7 Å². The molecule has 60 heavy (non-hydrogen) atoms. The lowest BCUT2D eigenvalue weighted by Crippen LogP contribution is -2.45. The molecule has 0 aliphatic rings. The number of carbonyl (C=O) groups excluding carboxylic acids is 1. The Kier molecular flexibility index (Phi) is 28.4. The van der Waals surface area contributed by atoms with Gasteiger partial charge >= 0.3 is 17.1 Å². The van der Waals surface area contributed by atoms with E-state index in [1.807, 2.05) is 27.2 Å². The maximum absolute atomic E-state index is 12.9. The first-order valence-corrected chi connectivity index (χ1v) is 23.3. The molecule has 0 fully saturated rings. The number of aliphatic hydroxyl groups excluding tert-OH is 1. The van der Waals surface area contributed by atoms with Crippen LogP contribution < -0.4 is 15.5 Å². The van der Waals surface area contributed by atoms with Gasteiger partial charge in [-0.1, -0.05) is 128 Å². The largest absolute Gasteiger partial charge is 0.756 e. The Hall–Kier alpha value is -3.54. The minimum absolute atomic E-state index is 0.0572. The predicted molar refractivity (Wildman–Crippen MR) is 232 cm³/mol. The molecule has 0 spiro atoms. The van der Waals surface area contributed by atoms with Crippen LogP contribution in [0.1, 0.15) is 148 Å². The highest BCUT2D eigenvalue weighted by Crippen LogP contribution is 2.39. The predicted octanol–water partition coefficient (Wildman–Crippen LogP) is 9.03. The summed E-state index contributed by atoms with van der Waals surface area (Å²) < 4.78 is 23.1. The van der Waals surface area contributed by atoms with Crippen LogP contribution in [-0.2, 0) is 18.4 Å². The number of nitro benzene ring substituents is 3. The van der Waals surface area contributed by atoms with Crippen molar-refractivity contribution in [2.75, 3.05) is 52.8 Å². The molecule has 0 saturated heterocycles. The van der Waals surface area contributed by atoms with Crippen molar-refractivity contribution in [1.82, 2.24) is 5.32 Å². The number of unbranched alkanes of at least 4 members (excludes halogenated alkanes) is 19. The topological polar surface area (TPSA) is 249 Å². The maximum Gasteiger partial charge on any atom is 0.422 e. The monoisotopic (exact) mass is 873 g/mol. The number of carbonyl (C=O) groups is 1. The average Bonchev–Trinajstić information content (AvgIpc) is 3.17. The molecule has 19 heteroatoms. The molecule has 1 amide bonds. The van der Waals surface area contributed by atoms with E-state index in [1.54, 1.807) is 6.08 Å². The van der Waals surface area contributed by atoms with Crippen molar-refractivity contribution in [3.05, 3.63) is 54.6 Å². The third-order valence-corrected chi connectivity index (χ3v) is 11.0. The number of phosphoric acid groups is 1. The molecule has 18 nitrogen and oxygen atoms in total. The summed E-state index contributed by atoms with van der Waals surface area (Å²) >= 11 is 0. The lowest BCUT2D eigenvalue weighted by molar-refractivity contribution is -0.870. The van der Waals surface area contributed by atoms with Crippen molar-refractivity contribution in [1.29, 1.82) is 0 Å². The molecular weight excluding hydrogens is 799 g/mol. The summed E-state index contributed by atoms with van der Waals surface area (Å²) in [6.07, 6.45) is 24.7. The van der Waals surface area contributed by atoms with Crippen molar-refractivity contribution >= 4 is 36.5 Å². The van der Waals surface area contributed by atoms with Gasteiger partial charge in [0.2, 0.25) is 5.91 Å². The summed E-state index contributed by atoms with van der Waals surface area (Å²) in [4.78, 5) is 56.0. The van der Waals surface area contributed by atoms with Crippen molar-refractivity contribution in [2.45, 2.75) is 160 Å². The van der Waals surface area contributed by atoms with E-state index in [0.717, 1.165) is 76.3 Å². The first kappa shape index (κ1) is 54.5. The second-order valence-corrected chi connectivity index (χ2v) is 17.9. The van der Waals surface area contributed by atoms with Crippen LogP contribution in [0.3, 0.4) is 0 Å². The summed E-state index contributed by atoms with van der Waals surface area (Å²) in [6.45, 7) is 2.54. The standard InChI is InChI=1S/C41H73N6O12P/c1-5-6-7-8-9-10-11-12-13-15-18-21-24-27-39(48)36(34-59-60(56,57)58-31-30-47(2,3)4)43-40(49)28-25-22-19-16-14-17-20-23-26-29-42-35-32-37(44(50)51)41(46(54)55)38(33-35)45(52)53/h24,27,32-33,36,39,42,48H,5-23,25-26,28-31,34H2,1-4H3,(H-,43,49,56,57). The van der Waals surface area contributed by atoms with Crippen LogP contribution in [-0.4, -0.2) is 89.9 Å². The first-order valence-electron chi connectivity index (χ1n) is 21.9. The van der Waals surface area contributed by atoms with Crippen LogP contribution in [0.5, 0.6) is 0 Å². The summed E-state index contributed by atoms with van der Waals surface area (Å²) in [5.74, 6) is -0.306. The zero-order valence-corrected chi connectivity index (χ0v) is 37.4.